The van der Waals surface area contributed by atoms with E-state index in [0.717, 1.165) is 31.2 Å². The molecule has 29 heavy (non-hydrogen) atoms. The molecule has 0 unspecified atom stereocenters. The van der Waals surface area contributed by atoms with Crippen molar-refractivity contribution in [3.05, 3.63) is 30.6 Å². The lowest BCUT2D eigenvalue weighted by Gasteiger charge is -2.28. The van der Waals surface area contributed by atoms with Crippen LogP contribution in [0.15, 0.2) is 30.6 Å². The third kappa shape index (κ3) is 3.79. The van der Waals surface area contributed by atoms with Crippen molar-refractivity contribution in [1.29, 1.82) is 5.26 Å². The second kappa shape index (κ2) is 7.21. The Morgan fingerprint density at radius 3 is 2.72 bits per heavy atom. The van der Waals surface area contributed by atoms with Crippen LogP contribution in [0.4, 0.5) is 11.5 Å². The summed E-state index contributed by atoms with van der Waals surface area (Å²) in [6.07, 6.45) is 6.49. The van der Waals surface area contributed by atoms with E-state index in [2.05, 4.69) is 20.9 Å². The number of likely N-dealkylation sites (tertiary alicyclic amines) is 1. The van der Waals surface area contributed by atoms with Crippen LogP contribution in [0.3, 0.4) is 0 Å². The summed E-state index contributed by atoms with van der Waals surface area (Å²) in [6, 6.07) is 6.88. The maximum atomic E-state index is 11.4. The highest BCUT2D eigenvalue weighted by Gasteiger charge is 2.26. The highest BCUT2D eigenvalue weighted by atomic mass is 32.2. The first-order valence-electron chi connectivity index (χ1n) is 9.07. The van der Waals surface area contributed by atoms with Gasteiger partial charge in [-0.2, -0.15) is 10.4 Å². The first-order valence-corrected chi connectivity index (χ1v) is 11.0. The second-order valence-corrected chi connectivity index (χ2v) is 8.79. The molecule has 2 aromatic heterocycles. The summed E-state index contributed by atoms with van der Waals surface area (Å²) in [7, 11) is -3.35. The number of nitrogens with two attached hydrogens (primary N) is 1. The van der Waals surface area contributed by atoms with Crippen LogP contribution in [-0.4, -0.2) is 52.4 Å². The molecule has 0 spiro atoms. The molecule has 150 valence electrons. The maximum Gasteiger partial charge on any atom is 0.229 e. The fourth-order valence-electron chi connectivity index (χ4n) is 3.61. The van der Waals surface area contributed by atoms with Gasteiger partial charge in [-0.3, -0.25) is 4.72 Å². The van der Waals surface area contributed by atoms with Gasteiger partial charge in [0.15, 0.2) is 11.8 Å². The summed E-state index contributed by atoms with van der Waals surface area (Å²) in [5, 5.41) is 14.7. The van der Waals surface area contributed by atoms with Gasteiger partial charge in [0, 0.05) is 17.8 Å². The summed E-state index contributed by atoms with van der Waals surface area (Å²) < 4.78 is 27.1. The molecule has 3 heterocycles. The lowest BCUT2D eigenvalue weighted by Crippen LogP contribution is -2.33. The van der Waals surface area contributed by atoms with E-state index < -0.39 is 10.0 Å². The summed E-state index contributed by atoms with van der Waals surface area (Å²) >= 11 is 0. The number of aromatic nitrogens is 4. The van der Waals surface area contributed by atoms with Gasteiger partial charge in [0.25, 0.3) is 0 Å². The Kier molecular flexibility index (Phi) is 4.71. The van der Waals surface area contributed by atoms with Crippen LogP contribution in [0.1, 0.15) is 18.9 Å². The zero-order valence-corrected chi connectivity index (χ0v) is 16.6. The smallest absolute Gasteiger partial charge is 0.229 e. The van der Waals surface area contributed by atoms with E-state index in [1.807, 2.05) is 4.68 Å². The number of fused-ring (bicyclic) bond motifs is 1. The Hall–Kier alpha value is -3.39. The molecule has 11 heteroatoms. The van der Waals surface area contributed by atoms with Crippen LogP contribution in [-0.2, 0) is 10.0 Å². The number of hydrogen-bond acceptors (Lipinski definition) is 8. The minimum absolute atomic E-state index is 0.000115. The molecule has 1 atom stereocenters. The molecule has 0 bridgehead atoms. The first-order chi connectivity index (χ1) is 13.9. The van der Waals surface area contributed by atoms with E-state index in [-0.39, 0.29) is 6.04 Å². The van der Waals surface area contributed by atoms with Crippen molar-refractivity contribution in [2.24, 2.45) is 0 Å². The fraction of sp³-hybridized carbons (Fsp3) is 0.333. The van der Waals surface area contributed by atoms with E-state index in [4.69, 9.17) is 10.8 Å². The minimum Gasteiger partial charge on any atom is -0.383 e. The lowest BCUT2D eigenvalue weighted by atomic mass is 10.1. The van der Waals surface area contributed by atoms with Crippen molar-refractivity contribution in [2.45, 2.75) is 18.9 Å². The number of sulfonamides is 1. The Morgan fingerprint density at radius 2 is 2.03 bits per heavy atom. The number of anilines is 2. The molecular formula is C18H20N8O2S. The van der Waals surface area contributed by atoms with Crippen molar-refractivity contribution in [1.82, 2.24) is 24.6 Å². The molecule has 0 radical (unpaired) electrons. The normalized spacial score (nSPS) is 17.2. The van der Waals surface area contributed by atoms with Crippen LogP contribution >= 0.6 is 0 Å². The predicted octanol–water partition coefficient (Wildman–Crippen LogP) is 1.56. The molecule has 1 aliphatic heterocycles. The van der Waals surface area contributed by atoms with Crippen LogP contribution in [0.2, 0.25) is 0 Å². The number of nitriles is 1. The standard InChI is InChI=1S/C18H20N8O2S/c1-29(27,28)24-13-6-4-12(5-7-13)16-15-17(20)21-11-22-18(15)26(23-16)14-3-2-8-25(9-14)10-19/h4-7,11,14,24H,2-3,8-9H2,1H3,(H2,20,21,22)/t14-/m1/s1. The molecule has 3 aromatic rings. The number of rotatable bonds is 4. The highest BCUT2D eigenvalue weighted by Crippen LogP contribution is 2.34. The average molecular weight is 412 g/mol. The van der Waals surface area contributed by atoms with Crippen molar-refractivity contribution in [3.63, 3.8) is 0 Å². The molecule has 1 fully saturated rings. The number of piperidine rings is 1. The molecule has 0 saturated carbocycles. The molecule has 4 rings (SSSR count). The summed E-state index contributed by atoms with van der Waals surface area (Å²) in [5.41, 5.74) is 8.61. The van der Waals surface area contributed by atoms with Crippen molar-refractivity contribution < 1.29 is 8.42 Å². The Bertz CT molecular complexity index is 1200. The second-order valence-electron chi connectivity index (χ2n) is 7.04. The van der Waals surface area contributed by atoms with Crippen molar-refractivity contribution in [2.75, 3.05) is 29.8 Å². The van der Waals surface area contributed by atoms with E-state index in [9.17, 15) is 13.7 Å². The summed E-state index contributed by atoms with van der Waals surface area (Å²) in [4.78, 5) is 10.2. The number of benzene rings is 1. The Balaban J connectivity index is 1.78. The van der Waals surface area contributed by atoms with Crippen LogP contribution < -0.4 is 10.5 Å². The quantitative estimate of drug-likeness (QED) is 0.615. The predicted molar refractivity (Wildman–Crippen MR) is 109 cm³/mol. The maximum absolute atomic E-state index is 11.4. The summed E-state index contributed by atoms with van der Waals surface area (Å²) in [6.45, 7) is 1.30. The molecule has 0 amide bonds. The minimum atomic E-state index is -3.35. The van der Waals surface area contributed by atoms with E-state index >= 15 is 0 Å². The van der Waals surface area contributed by atoms with Gasteiger partial charge in [0.1, 0.15) is 17.8 Å². The molecule has 1 aromatic carbocycles. The molecule has 10 nitrogen and oxygen atoms in total. The topological polar surface area (TPSA) is 143 Å². The van der Waals surface area contributed by atoms with Crippen LogP contribution in [0, 0.1) is 11.5 Å². The van der Waals surface area contributed by atoms with E-state index in [1.165, 1.54) is 6.33 Å². The average Bonchev–Trinajstić information content (AvgIpc) is 3.08. The van der Waals surface area contributed by atoms with Gasteiger partial charge in [-0.15, -0.1) is 0 Å². The van der Waals surface area contributed by atoms with E-state index in [0.29, 0.717) is 34.8 Å². The highest BCUT2D eigenvalue weighted by molar-refractivity contribution is 7.92. The van der Waals surface area contributed by atoms with E-state index in [1.54, 1.807) is 29.2 Å². The molecule has 3 N–H and O–H groups in total. The first kappa shape index (κ1) is 18.9. The monoisotopic (exact) mass is 412 g/mol. The van der Waals surface area contributed by atoms with Gasteiger partial charge >= 0.3 is 0 Å². The number of nitrogens with one attached hydrogen (secondary N) is 1. The number of nitrogens with zero attached hydrogens (tertiary/aromatic N) is 6. The third-order valence-corrected chi connectivity index (χ3v) is 5.47. The van der Waals surface area contributed by atoms with Crippen LogP contribution in [0.25, 0.3) is 22.3 Å². The van der Waals surface area contributed by atoms with Gasteiger partial charge in [-0.05, 0) is 25.0 Å². The molecule has 1 saturated heterocycles. The Labute approximate surface area is 168 Å². The van der Waals surface area contributed by atoms with Gasteiger partial charge in [-0.25, -0.2) is 23.1 Å². The number of hydrogen-bond donors (Lipinski definition) is 2. The third-order valence-electron chi connectivity index (χ3n) is 4.86. The number of nitrogen functional groups attached to an aromatic ring is 1. The van der Waals surface area contributed by atoms with Crippen LogP contribution in [0.5, 0.6) is 0 Å². The lowest BCUT2D eigenvalue weighted by molar-refractivity contribution is 0.236. The van der Waals surface area contributed by atoms with Crippen molar-refractivity contribution in [3.8, 4) is 17.5 Å². The molecule has 1 aliphatic rings. The Morgan fingerprint density at radius 1 is 1.28 bits per heavy atom. The molecular weight excluding hydrogens is 392 g/mol. The van der Waals surface area contributed by atoms with Gasteiger partial charge in [-0.1, -0.05) is 12.1 Å². The van der Waals surface area contributed by atoms with Gasteiger partial charge in [0.05, 0.1) is 24.2 Å². The largest absolute Gasteiger partial charge is 0.383 e. The zero-order valence-electron chi connectivity index (χ0n) is 15.8. The van der Waals surface area contributed by atoms with Crippen molar-refractivity contribution >= 4 is 32.6 Å². The molecule has 0 aliphatic carbocycles. The van der Waals surface area contributed by atoms with Gasteiger partial charge in [0.2, 0.25) is 10.0 Å². The zero-order chi connectivity index (χ0) is 20.6. The van der Waals surface area contributed by atoms with Gasteiger partial charge < -0.3 is 10.6 Å². The SMILES string of the molecule is CS(=O)(=O)Nc1ccc(-c2nn([C@@H]3CCCN(C#N)C3)c3ncnc(N)c23)cc1. The summed E-state index contributed by atoms with van der Waals surface area (Å²) in [5.74, 6) is 0.322. The fourth-order valence-corrected chi connectivity index (χ4v) is 4.17.